The maximum absolute atomic E-state index is 2.29. The molecule has 1 aromatic rings. The van der Waals surface area contributed by atoms with Crippen LogP contribution in [0.5, 0.6) is 0 Å². The highest BCUT2D eigenvalue weighted by Crippen LogP contribution is 2.50. The van der Waals surface area contributed by atoms with E-state index in [2.05, 4.69) is 36.4 Å². The van der Waals surface area contributed by atoms with Gasteiger partial charge in [-0.1, -0.05) is 36.4 Å². The molecule has 0 nitrogen and oxygen atoms in total. The highest BCUT2D eigenvalue weighted by molar-refractivity contribution is 5.95. The smallest absolute Gasteiger partial charge is 0.00105 e. The summed E-state index contributed by atoms with van der Waals surface area (Å²) in [5.41, 5.74) is 9.25. The zero-order valence-electron chi connectivity index (χ0n) is 7.88. The Morgan fingerprint density at radius 2 is 1.71 bits per heavy atom. The second kappa shape index (κ2) is 2.09. The summed E-state index contributed by atoms with van der Waals surface area (Å²) in [6, 6.07) is 8.81. The predicted octanol–water partition coefficient (Wildman–Crippen LogP) is 3.27. The summed E-state index contributed by atoms with van der Waals surface area (Å²) in [7, 11) is 0. The fraction of sp³-hybridized carbons (Fsp3) is 0.143. The lowest BCUT2D eigenvalue weighted by Crippen LogP contribution is -1.82. The fourth-order valence-electron chi connectivity index (χ4n) is 2.90. The van der Waals surface area contributed by atoms with Gasteiger partial charge < -0.3 is 0 Å². The Balaban J connectivity index is 2.11. The van der Waals surface area contributed by atoms with Gasteiger partial charge in [-0.2, -0.15) is 0 Å². The van der Waals surface area contributed by atoms with Crippen molar-refractivity contribution in [1.82, 2.24) is 0 Å². The predicted molar refractivity (Wildman–Crippen MR) is 57.8 cm³/mol. The first kappa shape index (κ1) is 6.83. The third-order valence-corrected chi connectivity index (χ3v) is 3.53. The Morgan fingerprint density at radius 3 is 2.71 bits per heavy atom. The Bertz CT molecular complexity index is 539. The standard InChI is InChI=1S/C14H10/c1-2-4-12-9(3-1)8-13-10-5-6-11(7-10)14(12)13/h1-6H,7-8H2. The molecule has 66 valence electrons. The molecular weight excluding hydrogens is 168 g/mol. The van der Waals surface area contributed by atoms with E-state index in [1.165, 1.54) is 17.5 Å². The van der Waals surface area contributed by atoms with Gasteiger partial charge in [0.1, 0.15) is 0 Å². The van der Waals surface area contributed by atoms with Crippen LogP contribution in [-0.2, 0) is 6.42 Å². The van der Waals surface area contributed by atoms with E-state index in [9.17, 15) is 0 Å². The molecule has 0 saturated carbocycles. The molecule has 14 heavy (non-hydrogen) atoms. The Kier molecular flexibility index (Phi) is 1.02. The van der Waals surface area contributed by atoms with E-state index in [0.717, 1.165) is 6.42 Å². The Hall–Kier alpha value is -1.56. The van der Waals surface area contributed by atoms with Crippen LogP contribution in [0, 0.1) is 0 Å². The van der Waals surface area contributed by atoms with Crippen LogP contribution in [0.3, 0.4) is 0 Å². The first-order chi connectivity index (χ1) is 6.93. The van der Waals surface area contributed by atoms with E-state index in [1.807, 2.05) is 0 Å². The van der Waals surface area contributed by atoms with Gasteiger partial charge in [-0.25, -0.2) is 0 Å². The maximum atomic E-state index is 2.29. The molecule has 0 aromatic heterocycles. The van der Waals surface area contributed by atoms with Crippen LogP contribution in [0.25, 0.3) is 5.57 Å². The maximum Gasteiger partial charge on any atom is -0.00105 e. The zero-order valence-corrected chi connectivity index (χ0v) is 7.88. The van der Waals surface area contributed by atoms with Gasteiger partial charge in [-0.05, 0) is 46.3 Å². The number of fused-ring (bicyclic) bond motifs is 5. The molecule has 0 unspecified atom stereocenters. The molecule has 0 saturated heterocycles. The molecule has 0 heterocycles. The first-order valence-corrected chi connectivity index (χ1v) is 5.15. The van der Waals surface area contributed by atoms with Crippen molar-refractivity contribution in [2.24, 2.45) is 0 Å². The summed E-state index contributed by atoms with van der Waals surface area (Å²) in [6.45, 7) is 0. The van der Waals surface area contributed by atoms with Crippen molar-refractivity contribution < 1.29 is 0 Å². The first-order valence-electron chi connectivity index (χ1n) is 5.15. The van der Waals surface area contributed by atoms with E-state index < -0.39 is 0 Å². The van der Waals surface area contributed by atoms with Gasteiger partial charge in [0.2, 0.25) is 0 Å². The summed E-state index contributed by atoms with van der Waals surface area (Å²) >= 11 is 0. The van der Waals surface area contributed by atoms with Gasteiger partial charge in [0.05, 0.1) is 0 Å². The summed E-state index contributed by atoms with van der Waals surface area (Å²) in [6.07, 6.45) is 6.93. The van der Waals surface area contributed by atoms with Gasteiger partial charge in [-0.15, -0.1) is 0 Å². The molecule has 4 rings (SSSR count). The van der Waals surface area contributed by atoms with Gasteiger partial charge in [0, 0.05) is 0 Å². The second-order valence-electron chi connectivity index (χ2n) is 4.25. The molecule has 0 aliphatic heterocycles. The number of benzene rings is 1. The van der Waals surface area contributed by atoms with Crippen LogP contribution >= 0.6 is 0 Å². The van der Waals surface area contributed by atoms with Crippen molar-refractivity contribution in [3.8, 4) is 0 Å². The topological polar surface area (TPSA) is 0 Å². The van der Waals surface area contributed by atoms with Gasteiger partial charge in [-0.3, -0.25) is 0 Å². The molecule has 3 aliphatic carbocycles. The second-order valence-corrected chi connectivity index (χ2v) is 4.25. The normalized spacial score (nSPS) is 20.9. The molecule has 0 radical (unpaired) electrons. The van der Waals surface area contributed by atoms with Crippen molar-refractivity contribution in [2.75, 3.05) is 0 Å². The van der Waals surface area contributed by atoms with Crippen LogP contribution in [0.15, 0.2) is 53.1 Å². The van der Waals surface area contributed by atoms with Crippen LogP contribution in [-0.4, -0.2) is 0 Å². The average Bonchev–Trinajstić information content (AvgIpc) is 2.88. The van der Waals surface area contributed by atoms with Crippen molar-refractivity contribution in [3.05, 3.63) is 64.3 Å². The van der Waals surface area contributed by atoms with Crippen molar-refractivity contribution >= 4 is 5.57 Å². The Morgan fingerprint density at radius 1 is 0.857 bits per heavy atom. The van der Waals surface area contributed by atoms with E-state index >= 15 is 0 Å². The fourth-order valence-corrected chi connectivity index (χ4v) is 2.90. The summed E-state index contributed by atoms with van der Waals surface area (Å²) in [4.78, 5) is 0. The minimum Gasteiger partial charge on any atom is -0.0619 e. The minimum atomic E-state index is 1.16. The van der Waals surface area contributed by atoms with Crippen LogP contribution in [0.4, 0.5) is 0 Å². The molecule has 0 N–H and O–H groups in total. The zero-order chi connectivity index (χ0) is 9.12. The highest BCUT2D eigenvalue weighted by Gasteiger charge is 2.32. The quantitative estimate of drug-likeness (QED) is 0.572. The average molecular weight is 178 g/mol. The summed E-state index contributed by atoms with van der Waals surface area (Å²) < 4.78 is 0. The van der Waals surface area contributed by atoms with Crippen LogP contribution in [0.2, 0.25) is 0 Å². The minimum absolute atomic E-state index is 1.16. The molecule has 0 heteroatoms. The number of allylic oxidation sites excluding steroid dienone is 6. The van der Waals surface area contributed by atoms with Crippen molar-refractivity contribution in [3.63, 3.8) is 0 Å². The number of rotatable bonds is 0. The lowest BCUT2D eigenvalue weighted by Gasteiger charge is -2.02. The molecule has 1 aromatic carbocycles. The summed E-state index contributed by atoms with van der Waals surface area (Å²) in [5, 5.41) is 0. The van der Waals surface area contributed by atoms with Crippen molar-refractivity contribution in [2.45, 2.75) is 12.8 Å². The lowest BCUT2D eigenvalue weighted by molar-refractivity contribution is 1.21. The third kappa shape index (κ3) is 0.630. The molecule has 0 fully saturated rings. The third-order valence-electron chi connectivity index (χ3n) is 3.53. The molecular formula is C14H10. The molecule has 2 bridgehead atoms. The van der Waals surface area contributed by atoms with E-state index in [1.54, 1.807) is 22.3 Å². The number of hydrogen-bond acceptors (Lipinski definition) is 0. The van der Waals surface area contributed by atoms with E-state index in [-0.39, 0.29) is 0 Å². The molecule has 0 spiro atoms. The van der Waals surface area contributed by atoms with Crippen molar-refractivity contribution in [1.29, 1.82) is 0 Å². The monoisotopic (exact) mass is 178 g/mol. The van der Waals surface area contributed by atoms with Gasteiger partial charge in [0.15, 0.2) is 0 Å². The number of hydrogen-bond donors (Lipinski definition) is 0. The highest BCUT2D eigenvalue weighted by atomic mass is 14.4. The molecule has 0 atom stereocenters. The van der Waals surface area contributed by atoms with Crippen LogP contribution in [0.1, 0.15) is 17.5 Å². The molecule has 3 aliphatic rings. The Labute approximate surface area is 83.3 Å². The van der Waals surface area contributed by atoms with Gasteiger partial charge >= 0.3 is 0 Å². The largest absolute Gasteiger partial charge is 0.0619 e. The molecule has 0 amide bonds. The van der Waals surface area contributed by atoms with E-state index in [0.29, 0.717) is 0 Å². The summed E-state index contributed by atoms with van der Waals surface area (Å²) in [5.74, 6) is 0. The SMILES string of the molecule is C1=CC2=C3C(=C1C2)Cc1ccccc13. The lowest BCUT2D eigenvalue weighted by atomic mass is 10.0. The van der Waals surface area contributed by atoms with Crippen LogP contribution < -0.4 is 0 Å². The van der Waals surface area contributed by atoms with E-state index in [4.69, 9.17) is 0 Å². The van der Waals surface area contributed by atoms with Gasteiger partial charge in [0.25, 0.3) is 0 Å².